The van der Waals surface area contributed by atoms with E-state index in [0.717, 1.165) is 77.8 Å². The number of nitrogens with zero attached hydrogens (tertiary/aromatic N) is 3. The van der Waals surface area contributed by atoms with Gasteiger partial charge in [0.1, 0.15) is 0 Å². The van der Waals surface area contributed by atoms with E-state index in [1.807, 2.05) is 0 Å². The summed E-state index contributed by atoms with van der Waals surface area (Å²) in [5, 5.41) is 0. The topological polar surface area (TPSA) is 43.9 Å². The molecule has 3 fully saturated rings. The van der Waals surface area contributed by atoms with Gasteiger partial charge >= 0.3 is 0 Å². The highest BCUT2D eigenvalue weighted by atomic mass is 16.2. The van der Waals surface area contributed by atoms with Crippen LogP contribution in [-0.4, -0.2) is 71.8 Å². The number of piperazine rings is 1. The van der Waals surface area contributed by atoms with Crippen molar-refractivity contribution in [2.24, 2.45) is 11.8 Å². The van der Waals surface area contributed by atoms with Crippen LogP contribution in [0.5, 0.6) is 0 Å². The molecule has 148 valence electrons. The van der Waals surface area contributed by atoms with Crippen LogP contribution in [0.15, 0.2) is 0 Å². The summed E-state index contributed by atoms with van der Waals surface area (Å²) >= 11 is 0. The summed E-state index contributed by atoms with van der Waals surface area (Å²) in [6.45, 7) is 10.1. The second kappa shape index (κ2) is 9.20. The molecule has 1 atom stereocenters. The summed E-state index contributed by atoms with van der Waals surface area (Å²) in [5.74, 6) is 1.02. The van der Waals surface area contributed by atoms with Crippen LogP contribution in [0, 0.1) is 11.8 Å². The molecule has 3 rings (SSSR count). The Kier molecular flexibility index (Phi) is 6.96. The SMILES string of the molecule is CCC1CCCCN1C(=O)C1CCC(C(=O)N2CCN(CC)CC2)CC1. The number of piperidine rings is 1. The smallest absolute Gasteiger partial charge is 0.225 e. The van der Waals surface area contributed by atoms with Crippen LogP contribution in [-0.2, 0) is 9.59 Å². The van der Waals surface area contributed by atoms with Crippen molar-refractivity contribution in [2.45, 2.75) is 71.3 Å². The number of hydrogen-bond acceptors (Lipinski definition) is 3. The van der Waals surface area contributed by atoms with E-state index in [9.17, 15) is 9.59 Å². The molecule has 1 unspecified atom stereocenters. The average molecular weight is 364 g/mol. The minimum atomic E-state index is 0.149. The fourth-order valence-electron chi connectivity index (χ4n) is 5.08. The first-order valence-electron chi connectivity index (χ1n) is 11.0. The number of carbonyl (C=O) groups is 2. The molecule has 0 aromatic carbocycles. The quantitative estimate of drug-likeness (QED) is 0.771. The van der Waals surface area contributed by atoms with E-state index >= 15 is 0 Å². The number of likely N-dealkylation sites (tertiary alicyclic amines) is 1. The Morgan fingerprint density at radius 1 is 0.769 bits per heavy atom. The zero-order chi connectivity index (χ0) is 18.5. The van der Waals surface area contributed by atoms with E-state index in [1.165, 1.54) is 12.8 Å². The van der Waals surface area contributed by atoms with Crippen LogP contribution < -0.4 is 0 Å². The van der Waals surface area contributed by atoms with Crippen LogP contribution >= 0.6 is 0 Å². The molecule has 0 radical (unpaired) electrons. The number of rotatable bonds is 4. The molecule has 26 heavy (non-hydrogen) atoms. The lowest BCUT2D eigenvalue weighted by atomic mass is 9.80. The molecule has 5 nitrogen and oxygen atoms in total. The minimum absolute atomic E-state index is 0.149. The van der Waals surface area contributed by atoms with Crippen molar-refractivity contribution in [3.63, 3.8) is 0 Å². The summed E-state index contributed by atoms with van der Waals surface area (Å²) in [6, 6.07) is 0.450. The average Bonchev–Trinajstić information content (AvgIpc) is 2.73. The normalized spacial score (nSPS) is 31.1. The Hall–Kier alpha value is -1.10. The van der Waals surface area contributed by atoms with E-state index in [2.05, 4.69) is 28.5 Å². The van der Waals surface area contributed by atoms with Crippen molar-refractivity contribution in [3.05, 3.63) is 0 Å². The predicted octanol–water partition coefficient (Wildman–Crippen LogP) is 2.75. The van der Waals surface area contributed by atoms with E-state index in [0.29, 0.717) is 17.9 Å². The van der Waals surface area contributed by atoms with Crippen molar-refractivity contribution in [2.75, 3.05) is 39.3 Å². The van der Waals surface area contributed by atoms with Gasteiger partial charge in [-0.1, -0.05) is 13.8 Å². The summed E-state index contributed by atoms with van der Waals surface area (Å²) in [5.41, 5.74) is 0. The Bertz CT molecular complexity index is 480. The van der Waals surface area contributed by atoms with Gasteiger partial charge in [0.15, 0.2) is 0 Å². The van der Waals surface area contributed by atoms with Crippen LogP contribution in [0.1, 0.15) is 65.2 Å². The third-order valence-corrected chi connectivity index (χ3v) is 6.94. The molecule has 3 aliphatic rings. The number of carbonyl (C=O) groups excluding carboxylic acids is 2. The lowest BCUT2D eigenvalue weighted by molar-refractivity contribution is -0.144. The van der Waals surface area contributed by atoms with Gasteiger partial charge in [-0.25, -0.2) is 0 Å². The third-order valence-electron chi connectivity index (χ3n) is 6.94. The zero-order valence-corrected chi connectivity index (χ0v) is 16.8. The molecule has 2 amide bonds. The molecular formula is C21H37N3O2. The molecule has 1 aliphatic carbocycles. The van der Waals surface area contributed by atoms with Gasteiger partial charge in [0.05, 0.1) is 0 Å². The first-order valence-corrected chi connectivity index (χ1v) is 11.0. The Morgan fingerprint density at radius 2 is 1.38 bits per heavy atom. The molecule has 0 N–H and O–H groups in total. The number of hydrogen-bond donors (Lipinski definition) is 0. The predicted molar refractivity (Wildman–Crippen MR) is 104 cm³/mol. The zero-order valence-electron chi connectivity index (χ0n) is 16.8. The summed E-state index contributed by atoms with van der Waals surface area (Å²) in [7, 11) is 0. The van der Waals surface area contributed by atoms with Gasteiger partial charge in [-0.3, -0.25) is 9.59 Å². The molecule has 0 aromatic rings. The summed E-state index contributed by atoms with van der Waals surface area (Å²) in [4.78, 5) is 32.5. The Labute approximate surface area is 159 Å². The van der Waals surface area contributed by atoms with Gasteiger partial charge in [-0.15, -0.1) is 0 Å². The van der Waals surface area contributed by atoms with Crippen molar-refractivity contribution in [1.82, 2.24) is 14.7 Å². The molecule has 2 aliphatic heterocycles. The molecule has 0 spiro atoms. The second-order valence-electron chi connectivity index (χ2n) is 8.40. The van der Waals surface area contributed by atoms with Gasteiger partial charge in [0.25, 0.3) is 0 Å². The Balaban J connectivity index is 1.48. The van der Waals surface area contributed by atoms with Crippen molar-refractivity contribution >= 4 is 11.8 Å². The molecule has 1 saturated carbocycles. The first kappa shape index (κ1) is 19.7. The monoisotopic (exact) mass is 363 g/mol. The summed E-state index contributed by atoms with van der Waals surface area (Å²) < 4.78 is 0. The van der Waals surface area contributed by atoms with E-state index in [1.54, 1.807) is 0 Å². The maximum atomic E-state index is 13.0. The highest BCUT2D eigenvalue weighted by Crippen LogP contribution is 2.33. The van der Waals surface area contributed by atoms with E-state index in [4.69, 9.17) is 0 Å². The highest BCUT2D eigenvalue weighted by Gasteiger charge is 2.36. The molecule has 5 heteroatoms. The van der Waals surface area contributed by atoms with Crippen molar-refractivity contribution in [1.29, 1.82) is 0 Å². The third kappa shape index (κ3) is 4.41. The standard InChI is InChI=1S/C21H37N3O2/c1-3-19-7-5-6-12-24(19)21(26)18-10-8-17(9-11-18)20(25)23-15-13-22(4-2)14-16-23/h17-19H,3-16H2,1-2H3. The van der Waals surface area contributed by atoms with Gasteiger partial charge < -0.3 is 14.7 Å². The van der Waals surface area contributed by atoms with Gasteiger partial charge in [-0.05, 0) is 57.9 Å². The largest absolute Gasteiger partial charge is 0.340 e. The van der Waals surface area contributed by atoms with Gasteiger partial charge in [0.2, 0.25) is 11.8 Å². The fourth-order valence-corrected chi connectivity index (χ4v) is 5.08. The van der Waals surface area contributed by atoms with Crippen molar-refractivity contribution < 1.29 is 9.59 Å². The van der Waals surface area contributed by atoms with Crippen LogP contribution in [0.25, 0.3) is 0 Å². The highest BCUT2D eigenvalue weighted by molar-refractivity contribution is 5.81. The van der Waals surface area contributed by atoms with E-state index < -0.39 is 0 Å². The molecule has 0 aromatic heterocycles. The lowest BCUT2D eigenvalue weighted by Gasteiger charge is -2.40. The molecule has 2 heterocycles. The van der Waals surface area contributed by atoms with Crippen molar-refractivity contribution in [3.8, 4) is 0 Å². The Morgan fingerprint density at radius 3 is 1.96 bits per heavy atom. The fraction of sp³-hybridized carbons (Fsp3) is 0.905. The van der Waals surface area contributed by atoms with Gasteiger partial charge in [-0.2, -0.15) is 0 Å². The molecule has 2 saturated heterocycles. The maximum absolute atomic E-state index is 13.0. The lowest BCUT2D eigenvalue weighted by Crippen LogP contribution is -2.51. The van der Waals surface area contributed by atoms with Crippen LogP contribution in [0.2, 0.25) is 0 Å². The summed E-state index contributed by atoms with van der Waals surface area (Å²) in [6.07, 6.45) is 8.24. The van der Waals surface area contributed by atoms with Gasteiger partial charge in [0, 0.05) is 50.6 Å². The number of amides is 2. The number of likely N-dealkylation sites (N-methyl/N-ethyl adjacent to an activating group) is 1. The first-order chi connectivity index (χ1) is 12.6. The van der Waals surface area contributed by atoms with E-state index in [-0.39, 0.29) is 11.8 Å². The van der Waals surface area contributed by atoms with Crippen LogP contribution in [0.4, 0.5) is 0 Å². The minimum Gasteiger partial charge on any atom is -0.340 e. The maximum Gasteiger partial charge on any atom is 0.225 e. The second-order valence-corrected chi connectivity index (χ2v) is 8.40. The molecule has 0 bridgehead atoms. The van der Waals surface area contributed by atoms with Crippen LogP contribution in [0.3, 0.4) is 0 Å². The molecular weight excluding hydrogens is 326 g/mol.